The summed E-state index contributed by atoms with van der Waals surface area (Å²) >= 11 is 3.16. The summed E-state index contributed by atoms with van der Waals surface area (Å²) in [5.74, 6) is 2.23. The smallest absolute Gasteiger partial charge is 0.346 e. The summed E-state index contributed by atoms with van der Waals surface area (Å²) in [5.41, 5.74) is 11.4. The number of fused-ring (bicyclic) bond motifs is 3. The second-order valence-electron chi connectivity index (χ2n) is 24.5. The van der Waals surface area contributed by atoms with Crippen molar-refractivity contribution < 1.29 is 28.8 Å². The summed E-state index contributed by atoms with van der Waals surface area (Å²) in [5, 5.41) is 19.0. The Labute approximate surface area is 563 Å². The van der Waals surface area contributed by atoms with Crippen LogP contribution < -0.4 is 28.7 Å². The molecule has 9 rings (SSSR count). The quantitative estimate of drug-likeness (QED) is 0.0228. The van der Waals surface area contributed by atoms with Gasteiger partial charge in [-0.1, -0.05) is 168 Å². The third kappa shape index (κ3) is 20.5. The van der Waals surface area contributed by atoms with E-state index in [9.17, 15) is 15.2 Å². The van der Waals surface area contributed by atoms with Gasteiger partial charge in [0.2, 0.25) is 0 Å². The Bertz CT molecular complexity index is 3350. The van der Waals surface area contributed by atoms with Gasteiger partial charge in [-0.05, 0) is 211 Å². The van der Waals surface area contributed by atoms with E-state index in [1.165, 1.54) is 146 Å². The van der Waals surface area contributed by atoms with Crippen molar-refractivity contribution in [3.8, 4) is 49.9 Å². The number of aliphatic carboxylic acids is 1. The zero-order valence-corrected chi connectivity index (χ0v) is 57.2. The molecule has 9 nitrogen and oxygen atoms in total. The lowest BCUT2D eigenvalue weighted by Gasteiger charge is -2.27. The summed E-state index contributed by atoms with van der Waals surface area (Å²) in [6.45, 7) is 11.8. The van der Waals surface area contributed by atoms with Gasteiger partial charge in [-0.3, -0.25) is 0 Å². The Morgan fingerprint density at radius 2 is 0.688 bits per heavy atom. The number of anilines is 6. The van der Waals surface area contributed by atoms with Crippen molar-refractivity contribution in [2.75, 3.05) is 36.2 Å². The first kappa shape index (κ1) is 69.3. The van der Waals surface area contributed by atoms with Gasteiger partial charge in [0.05, 0.1) is 26.4 Å². The molecule has 6 aromatic carbocycles. The predicted molar refractivity (Wildman–Crippen MR) is 393 cm³/mol. The topological polar surface area (TPSA) is 104 Å². The van der Waals surface area contributed by atoms with Crippen molar-refractivity contribution in [1.82, 2.24) is 0 Å². The summed E-state index contributed by atoms with van der Waals surface area (Å²) in [4.78, 5) is 20.2. The number of hydrogen-bond donors (Lipinski definition) is 1. The molecule has 2 heterocycles. The van der Waals surface area contributed by atoms with Crippen molar-refractivity contribution in [1.29, 1.82) is 5.26 Å². The van der Waals surface area contributed by atoms with Crippen LogP contribution in [0.2, 0.25) is 0 Å². The predicted octanol–water partition coefficient (Wildman–Crippen LogP) is 24.9. The Balaban J connectivity index is 1.10. The maximum Gasteiger partial charge on any atom is 0.346 e. The first-order chi connectivity index (χ1) is 45.8. The lowest BCUT2D eigenvalue weighted by molar-refractivity contribution is -0.132. The number of rotatable bonds is 42. The highest BCUT2D eigenvalue weighted by Gasteiger charge is 2.28. The molecule has 1 N–H and O–H groups in total. The SMILES string of the molecule is CCCCCCCCOc1ccc(N(c2ccc(OCCCCCCCC)cc2)c2ccc3c(c2)-c2cc(N(c4ccc(OCCCCCCCC)cc4)c4ccc(OCCCCCCCC)cc4)ccc2C3=Cc2ccc(-c3ccc(/C=C(/C#N)C(=O)O)s3)s2)cc1. The van der Waals surface area contributed by atoms with Crippen LogP contribution in [0.25, 0.3) is 38.6 Å². The highest BCUT2D eigenvalue weighted by molar-refractivity contribution is 7.23. The minimum atomic E-state index is -1.23. The molecule has 0 radical (unpaired) electrons. The number of carbonyl (C=O) groups is 1. The van der Waals surface area contributed by atoms with E-state index >= 15 is 0 Å². The molecule has 488 valence electrons. The van der Waals surface area contributed by atoms with Gasteiger partial charge in [-0.25, -0.2) is 4.79 Å². The summed E-state index contributed by atoms with van der Waals surface area (Å²) in [6, 6.07) is 58.0. The van der Waals surface area contributed by atoms with Crippen LogP contribution in [0.5, 0.6) is 23.0 Å². The molecule has 0 amide bonds. The average Bonchev–Trinajstić information content (AvgIpc) is 1.64. The average molecular weight is 1280 g/mol. The molecule has 0 bridgehead atoms. The third-order valence-electron chi connectivity index (χ3n) is 17.3. The van der Waals surface area contributed by atoms with Crippen LogP contribution in [0.1, 0.15) is 203 Å². The molecule has 1 aliphatic carbocycles. The van der Waals surface area contributed by atoms with Gasteiger partial charge in [0.25, 0.3) is 0 Å². The van der Waals surface area contributed by atoms with Crippen LogP contribution in [0, 0.1) is 11.3 Å². The highest BCUT2D eigenvalue weighted by atomic mass is 32.1. The number of nitriles is 1. The van der Waals surface area contributed by atoms with Crippen molar-refractivity contribution in [3.63, 3.8) is 0 Å². The fourth-order valence-corrected chi connectivity index (χ4v) is 14.1. The normalized spacial score (nSPS) is 11.7. The number of nitrogens with zero attached hydrogens (tertiary/aromatic N) is 3. The van der Waals surface area contributed by atoms with E-state index in [-0.39, 0.29) is 5.57 Å². The minimum absolute atomic E-state index is 0.289. The van der Waals surface area contributed by atoms with E-state index in [0.29, 0.717) is 31.3 Å². The fraction of sp³-hybridized carbons (Fsp3) is 0.390. The van der Waals surface area contributed by atoms with E-state index in [0.717, 1.165) is 125 Å². The lowest BCUT2D eigenvalue weighted by atomic mass is 10.0. The number of carboxylic acids is 1. The number of carboxylic acid groups (broad SMARTS) is 1. The van der Waals surface area contributed by atoms with E-state index in [4.69, 9.17) is 18.9 Å². The molecule has 0 spiro atoms. The van der Waals surface area contributed by atoms with Crippen molar-refractivity contribution in [2.45, 2.75) is 182 Å². The van der Waals surface area contributed by atoms with Crippen molar-refractivity contribution in [2.24, 2.45) is 0 Å². The molecule has 0 saturated carbocycles. The fourth-order valence-electron chi connectivity index (χ4n) is 12.1. The maximum atomic E-state index is 11.7. The van der Waals surface area contributed by atoms with Gasteiger partial charge in [-0.2, -0.15) is 5.26 Å². The van der Waals surface area contributed by atoms with Gasteiger partial charge in [-0.15, -0.1) is 22.7 Å². The van der Waals surface area contributed by atoms with Crippen LogP contribution >= 0.6 is 22.7 Å². The van der Waals surface area contributed by atoms with Crippen LogP contribution in [0.15, 0.2) is 163 Å². The van der Waals surface area contributed by atoms with Gasteiger partial charge in [0.1, 0.15) is 34.6 Å². The number of thiophene rings is 2. The largest absolute Gasteiger partial charge is 0.494 e. The van der Waals surface area contributed by atoms with E-state index in [1.54, 1.807) is 11.3 Å². The van der Waals surface area contributed by atoms with Crippen LogP contribution in [-0.4, -0.2) is 37.5 Å². The maximum absolute atomic E-state index is 11.7. The third-order valence-corrected chi connectivity index (χ3v) is 19.5. The first-order valence-electron chi connectivity index (χ1n) is 34.8. The molecule has 0 saturated heterocycles. The molecule has 0 fully saturated rings. The summed E-state index contributed by atoms with van der Waals surface area (Å²) in [6.07, 6.45) is 32.9. The summed E-state index contributed by atoms with van der Waals surface area (Å²) in [7, 11) is 0. The molecule has 11 heteroatoms. The standard InChI is InChI=1S/C82H97N3O6S2/c1-5-9-13-17-21-25-53-88-69-39-29-63(30-40-69)84(64-31-41-70(42-32-64)89-54-26-22-18-14-10-6-2)67-37-49-75-77(58-67)78-59-68(38-50-76(78)79(75)60-74-48-52-81(93-74)80-51-47-73(92-80)57-62(61-83)82(86)87)85(65-33-43-71(44-34-65)90-55-27-23-19-15-11-7-3)66-35-45-72(46-36-66)91-56-28-24-20-16-12-8-4/h29-52,57-60H,5-28,53-56H2,1-4H3,(H,86,87)/b62-57-. The molecule has 2 aromatic heterocycles. The Morgan fingerprint density at radius 3 is 1.01 bits per heavy atom. The van der Waals surface area contributed by atoms with E-state index < -0.39 is 5.97 Å². The lowest BCUT2D eigenvalue weighted by Crippen LogP contribution is -2.11. The number of benzene rings is 6. The zero-order chi connectivity index (χ0) is 64.8. The molecule has 1 aliphatic rings. The van der Waals surface area contributed by atoms with Gasteiger partial charge in [0.15, 0.2) is 0 Å². The molecule has 8 aromatic rings. The van der Waals surface area contributed by atoms with Crippen molar-refractivity contribution >= 4 is 80.5 Å². The van der Waals surface area contributed by atoms with Gasteiger partial charge in [0, 0.05) is 53.6 Å². The Kier molecular flexibility index (Phi) is 28.0. The highest BCUT2D eigenvalue weighted by Crippen LogP contribution is 2.51. The second kappa shape index (κ2) is 37.6. The molecule has 0 atom stereocenters. The zero-order valence-electron chi connectivity index (χ0n) is 55.6. The van der Waals surface area contributed by atoms with E-state index in [1.807, 2.05) is 18.2 Å². The van der Waals surface area contributed by atoms with Crippen LogP contribution in [0.3, 0.4) is 0 Å². The Morgan fingerprint density at radius 1 is 0.387 bits per heavy atom. The van der Waals surface area contributed by atoms with Crippen LogP contribution in [0.4, 0.5) is 34.1 Å². The summed E-state index contributed by atoms with van der Waals surface area (Å²) < 4.78 is 25.4. The number of ether oxygens (including phenoxy) is 4. The first-order valence-corrected chi connectivity index (χ1v) is 36.5. The van der Waals surface area contributed by atoms with Gasteiger partial charge < -0.3 is 33.9 Å². The molecule has 0 aliphatic heterocycles. The number of unbranched alkanes of at least 4 members (excludes halogenated alkanes) is 20. The molecular formula is C82H97N3O6S2. The molecule has 0 unspecified atom stereocenters. The molecule has 93 heavy (non-hydrogen) atoms. The second-order valence-corrected chi connectivity index (χ2v) is 26.7. The van der Waals surface area contributed by atoms with Gasteiger partial charge >= 0.3 is 5.97 Å². The minimum Gasteiger partial charge on any atom is -0.494 e. The van der Waals surface area contributed by atoms with E-state index in [2.05, 4.69) is 189 Å². The Hall–Kier alpha value is -8.04. The monoisotopic (exact) mass is 1280 g/mol. The van der Waals surface area contributed by atoms with Crippen molar-refractivity contribution in [3.05, 3.63) is 184 Å². The number of hydrogen-bond acceptors (Lipinski definition) is 10. The molecular weight excluding hydrogens is 1190 g/mol. The van der Waals surface area contributed by atoms with Crippen LogP contribution in [-0.2, 0) is 4.79 Å².